The van der Waals surface area contributed by atoms with E-state index in [0.717, 1.165) is 32.4 Å². The molecule has 0 spiro atoms. The number of nitrogens with two attached hydrogens (primary N) is 2. The van der Waals surface area contributed by atoms with E-state index >= 15 is 8.78 Å². The van der Waals surface area contributed by atoms with Crippen LogP contribution in [0.2, 0.25) is 5.02 Å². The van der Waals surface area contributed by atoms with Crippen molar-refractivity contribution in [1.82, 2.24) is 25.0 Å². The SMILES string of the molecule is CO.CSC(C)(C)C#Cc1ccc(-c2ccc(Cl)c3c(N(C(=O)C4CN(C(=N)N)C4)S(C)=O)nn(CC(F)(F)F)c23)c(C(Cc2cc(F)cc(F)c2)NC(=O)CN=C2/C(=C(\N)C(F)(F)F)[C@@H](C)CC2(F)F)n1. The molecule has 1 aliphatic heterocycles. The molecule has 2 fully saturated rings. The maximum absolute atomic E-state index is 15.2. The normalized spacial score (nSPS) is 18.1. The first-order valence-electron chi connectivity index (χ1n) is 21.2. The fourth-order valence-electron chi connectivity index (χ4n) is 7.89. The van der Waals surface area contributed by atoms with Crippen LogP contribution >= 0.6 is 23.4 Å². The van der Waals surface area contributed by atoms with Gasteiger partial charge >= 0.3 is 12.4 Å². The Morgan fingerprint density at radius 1 is 1.07 bits per heavy atom. The molecule has 3 heterocycles. The molecule has 2 aliphatic rings. The summed E-state index contributed by atoms with van der Waals surface area (Å²) in [4.78, 5) is 37.5. The quantitative estimate of drug-likeness (QED) is 0.0410. The van der Waals surface area contributed by atoms with Crippen molar-refractivity contribution in [3.8, 4) is 23.0 Å². The molecule has 0 bridgehead atoms. The number of aromatic nitrogens is 3. The molecular weight excluding hydrogens is 1030 g/mol. The summed E-state index contributed by atoms with van der Waals surface area (Å²) in [6.45, 7) is 1.42. The summed E-state index contributed by atoms with van der Waals surface area (Å²) < 4.78 is 159. The Kier molecular flexibility index (Phi) is 17.5. The molecule has 1 saturated heterocycles. The number of anilines is 1. The van der Waals surface area contributed by atoms with Gasteiger partial charge in [0, 0.05) is 55.6 Å². The van der Waals surface area contributed by atoms with E-state index in [4.69, 9.17) is 33.6 Å². The highest BCUT2D eigenvalue weighted by atomic mass is 35.5. The largest absolute Gasteiger partial charge is 0.431 e. The maximum Gasteiger partial charge on any atom is 0.431 e. The van der Waals surface area contributed by atoms with Crippen LogP contribution in [-0.2, 0) is 33.5 Å². The minimum atomic E-state index is -5.24. The molecule has 1 aliphatic carbocycles. The number of fused-ring (bicyclic) bond motifs is 1. The van der Waals surface area contributed by atoms with Gasteiger partial charge in [-0.2, -0.15) is 40.2 Å². The second-order valence-electron chi connectivity index (χ2n) is 17.0. The van der Waals surface area contributed by atoms with Crippen LogP contribution in [0.25, 0.3) is 22.0 Å². The van der Waals surface area contributed by atoms with Crippen molar-refractivity contribution in [2.75, 3.05) is 43.6 Å². The molecule has 14 nitrogen and oxygen atoms in total. The predicted molar refractivity (Wildman–Crippen MR) is 254 cm³/mol. The van der Waals surface area contributed by atoms with Gasteiger partial charge in [0.05, 0.1) is 38.3 Å². The average molecular weight is 1080 g/mol. The molecule has 390 valence electrons. The number of hydrogen-bond acceptors (Lipinski definition) is 10. The number of alkyl halides is 8. The molecule has 2 unspecified atom stereocenters. The molecule has 7 N–H and O–H groups in total. The monoisotopic (exact) mass is 1080 g/mol. The van der Waals surface area contributed by atoms with Gasteiger partial charge in [0.2, 0.25) is 11.8 Å². The number of carbonyl (C=O) groups is 2. The number of halogens is 11. The number of likely N-dealkylation sites (tertiary alicyclic amines) is 1. The van der Waals surface area contributed by atoms with Crippen molar-refractivity contribution in [2.45, 2.75) is 69.2 Å². The summed E-state index contributed by atoms with van der Waals surface area (Å²) >= 11 is 8.09. The molecule has 3 atom stereocenters. The van der Waals surface area contributed by atoms with Crippen molar-refractivity contribution < 1.29 is 62.8 Å². The highest BCUT2D eigenvalue weighted by Gasteiger charge is 2.52. The molecule has 2 aromatic carbocycles. The van der Waals surface area contributed by atoms with E-state index < -0.39 is 130 Å². The van der Waals surface area contributed by atoms with E-state index in [9.17, 15) is 48.9 Å². The number of hydrogen-bond donors (Lipinski definition) is 5. The summed E-state index contributed by atoms with van der Waals surface area (Å²) in [5.74, 6) is -5.51. The first-order valence-corrected chi connectivity index (χ1v) is 24.3. The second kappa shape index (κ2) is 22.1. The van der Waals surface area contributed by atoms with Gasteiger partial charge in [-0.25, -0.2) is 22.3 Å². The first kappa shape index (κ1) is 57.0. The molecule has 27 heteroatoms. The average Bonchev–Trinajstić information content (AvgIpc) is 3.72. The number of guanidine groups is 1. The number of carbonyl (C=O) groups excluding carboxylic acids is 2. The lowest BCUT2D eigenvalue weighted by Crippen LogP contribution is -2.58. The zero-order valence-electron chi connectivity index (χ0n) is 39.0. The third-order valence-electron chi connectivity index (χ3n) is 11.3. The van der Waals surface area contributed by atoms with Gasteiger partial charge in [-0.1, -0.05) is 30.5 Å². The molecule has 6 rings (SSSR count). The lowest BCUT2D eigenvalue weighted by molar-refractivity contribution is -0.141. The zero-order chi connectivity index (χ0) is 54.0. The standard InChI is InChI=1S/C44H43ClF10N10O3S2.CH4O/c1-21-16-42(48,49)37(32(21)36(56)44(53,54)55)59-17-31(66)61-30(14-22-12-24(46)15-25(47)13-22)34-27(7-6-26(60-34)10-11-41(2,3)69-4)28-8-9-29(45)33-35(28)64(20-43(50,51)52)62-38(33)65(70(5)68)39(67)23-18-63(19-23)40(57)58;1-2/h6-9,12-13,15,21,23,30H,14,16-20,56H2,1-5H3,(H3,57,58)(H,61,66);2H,1H3/b36-32-,59-37?;/t21-,30?,70?;/m0./s1. The number of benzene rings is 2. The Bertz CT molecular complexity index is 2890. The van der Waals surface area contributed by atoms with Gasteiger partial charge in [-0.15, -0.1) is 11.8 Å². The summed E-state index contributed by atoms with van der Waals surface area (Å²) in [6, 6.07) is 5.93. The van der Waals surface area contributed by atoms with Crippen molar-refractivity contribution >= 4 is 74.6 Å². The van der Waals surface area contributed by atoms with Crippen LogP contribution in [0, 0.1) is 40.7 Å². The third kappa shape index (κ3) is 13.0. The van der Waals surface area contributed by atoms with E-state index in [-0.39, 0.29) is 57.5 Å². The molecular formula is C45H47ClF10N10O4S2. The summed E-state index contributed by atoms with van der Waals surface area (Å²) in [7, 11) is -1.29. The van der Waals surface area contributed by atoms with Crippen LogP contribution in [-0.4, -0.2) is 115 Å². The van der Waals surface area contributed by atoms with E-state index in [1.54, 1.807) is 20.1 Å². The number of aliphatic imine (C=N–C) groups is 1. The van der Waals surface area contributed by atoms with E-state index in [1.807, 2.05) is 0 Å². The molecule has 2 amide bonds. The number of rotatable bonds is 12. The second-order valence-corrected chi connectivity index (χ2v) is 20.0. The fraction of sp³-hybridized carbons (Fsp3) is 0.422. The van der Waals surface area contributed by atoms with Crippen molar-refractivity contribution in [1.29, 1.82) is 5.41 Å². The van der Waals surface area contributed by atoms with Crippen molar-refractivity contribution in [3.63, 3.8) is 0 Å². The molecule has 1 saturated carbocycles. The van der Waals surface area contributed by atoms with Crippen LogP contribution in [0.15, 0.2) is 58.7 Å². The van der Waals surface area contributed by atoms with Gasteiger partial charge in [0.15, 0.2) is 11.8 Å². The first-order chi connectivity index (χ1) is 33.4. The maximum atomic E-state index is 15.2. The number of nitrogens with zero attached hydrogens (tertiary/aromatic N) is 6. The zero-order valence-corrected chi connectivity index (χ0v) is 41.4. The topological polar surface area (TPSA) is 209 Å². The van der Waals surface area contributed by atoms with Crippen LogP contribution in [0.4, 0.5) is 49.7 Å². The van der Waals surface area contributed by atoms with Crippen LogP contribution < -0.4 is 21.1 Å². The number of thioether (sulfide) groups is 1. The Balaban J connectivity index is 0.00000475. The van der Waals surface area contributed by atoms with Crippen LogP contribution in [0.1, 0.15) is 50.2 Å². The number of aliphatic hydroxyl groups is 1. The van der Waals surface area contributed by atoms with Crippen LogP contribution in [0.3, 0.4) is 0 Å². The summed E-state index contributed by atoms with van der Waals surface area (Å²) in [5.41, 5.74) is 5.53. The van der Waals surface area contributed by atoms with Crippen molar-refractivity contribution in [3.05, 3.63) is 87.3 Å². The Morgan fingerprint density at radius 2 is 1.68 bits per heavy atom. The minimum Gasteiger partial charge on any atom is -0.400 e. The summed E-state index contributed by atoms with van der Waals surface area (Å²) in [6.07, 6.45) is -9.05. The number of aliphatic hydroxyl groups excluding tert-OH is 1. The number of amides is 2. The highest BCUT2D eigenvalue weighted by molar-refractivity contribution is 8.00. The van der Waals surface area contributed by atoms with Gasteiger partial charge < -0.3 is 26.8 Å². The molecule has 72 heavy (non-hydrogen) atoms. The van der Waals surface area contributed by atoms with Gasteiger partial charge in [-0.05, 0) is 74.3 Å². The van der Waals surface area contributed by atoms with Gasteiger partial charge in [0.1, 0.15) is 52.8 Å². The Hall–Kier alpha value is -5.91. The molecule has 4 aromatic rings. The van der Waals surface area contributed by atoms with Gasteiger partial charge in [-0.3, -0.25) is 24.7 Å². The number of allylic oxidation sites excluding steroid dienone is 2. The molecule has 2 aromatic heterocycles. The Labute approximate surface area is 417 Å². The predicted octanol–water partition coefficient (Wildman–Crippen LogP) is 7.44. The third-order valence-corrected chi connectivity index (χ3v) is 13.6. The van der Waals surface area contributed by atoms with Crippen LogP contribution in [0.5, 0.6) is 0 Å². The smallest absolute Gasteiger partial charge is 0.400 e. The summed E-state index contributed by atoms with van der Waals surface area (Å²) in [5, 5.41) is 20.8. The number of nitrogens with one attached hydrogen (secondary N) is 2. The highest BCUT2D eigenvalue weighted by Crippen LogP contribution is 2.45. The van der Waals surface area contributed by atoms with Gasteiger partial charge in [0.25, 0.3) is 5.92 Å². The molecule has 0 radical (unpaired) electrons. The Morgan fingerprint density at radius 3 is 2.24 bits per heavy atom. The fourth-order valence-corrected chi connectivity index (χ4v) is 9.05. The van der Waals surface area contributed by atoms with E-state index in [0.29, 0.717) is 15.1 Å². The lowest BCUT2D eigenvalue weighted by atomic mass is 9.93. The minimum absolute atomic E-state index is 0.00395. The number of pyridine rings is 1. The van der Waals surface area contributed by atoms with Crippen molar-refractivity contribution in [2.24, 2.45) is 28.3 Å². The van der Waals surface area contributed by atoms with E-state index in [1.165, 1.54) is 40.9 Å². The lowest BCUT2D eigenvalue weighted by Gasteiger charge is -2.39. The van der Waals surface area contributed by atoms with E-state index in [2.05, 4.69) is 32.2 Å².